The molecule has 0 aliphatic carbocycles. The highest BCUT2D eigenvalue weighted by Crippen LogP contribution is 2.24. The van der Waals surface area contributed by atoms with Gasteiger partial charge in [0.15, 0.2) is 9.84 Å². The molecule has 114 valence electrons. The molecule has 0 spiro atoms. The first kappa shape index (κ1) is 16.9. The summed E-state index contributed by atoms with van der Waals surface area (Å²) in [7, 11) is -5.80. The maximum atomic E-state index is 11.5. The Morgan fingerprint density at radius 3 is 2.47 bits per heavy atom. The van der Waals surface area contributed by atoms with Crippen LogP contribution >= 0.6 is 0 Å². The molecule has 7 heteroatoms. The van der Waals surface area contributed by atoms with E-state index in [1.54, 1.807) is 6.92 Å². The van der Waals surface area contributed by atoms with E-state index in [1.807, 2.05) is 6.92 Å². The maximum Gasteiger partial charge on any atom is 0.150 e. The van der Waals surface area contributed by atoms with Gasteiger partial charge in [-0.1, -0.05) is 13.8 Å². The second-order valence-corrected chi connectivity index (χ2v) is 9.91. The molecule has 0 aromatic heterocycles. The van der Waals surface area contributed by atoms with Crippen molar-refractivity contribution in [3.8, 4) is 0 Å². The average molecular weight is 311 g/mol. The van der Waals surface area contributed by atoms with Crippen LogP contribution in [0.2, 0.25) is 0 Å². The quantitative estimate of drug-likeness (QED) is 0.710. The van der Waals surface area contributed by atoms with Crippen molar-refractivity contribution >= 4 is 19.7 Å². The Bertz CT molecular complexity index is 470. The highest BCUT2D eigenvalue weighted by Gasteiger charge is 2.33. The molecule has 0 aromatic rings. The van der Waals surface area contributed by atoms with Crippen LogP contribution in [0.5, 0.6) is 0 Å². The van der Waals surface area contributed by atoms with Crippen LogP contribution in [0.4, 0.5) is 0 Å². The van der Waals surface area contributed by atoms with Crippen molar-refractivity contribution < 1.29 is 16.8 Å². The van der Waals surface area contributed by atoms with Gasteiger partial charge in [-0.05, 0) is 31.7 Å². The van der Waals surface area contributed by atoms with Crippen molar-refractivity contribution in [3.05, 3.63) is 0 Å². The zero-order valence-electron chi connectivity index (χ0n) is 11.8. The lowest BCUT2D eigenvalue weighted by atomic mass is 9.95. The Balaban J connectivity index is 2.50. The number of rotatable bonds is 8. The second kappa shape index (κ2) is 7.04. The third-order valence-corrected chi connectivity index (χ3v) is 7.30. The molecule has 0 radical (unpaired) electrons. The van der Waals surface area contributed by atoms with Crippen LogP contribution in [-0.2, 0) is 19.7 Å². The standard InChI is InChI=1S/C12H25NO4S2/c1-3-13-12(6-5-8-18(14,15)4-2)11-7-9-19(16,17)10-11/h11-13H,3-10H2,1-2H3. The Labute approximate surface area is 117 Å². The molecule has 2 unspecified atom stereocenters. The van der Waals surface area contributed by atoms with Gasteiger partial charge >= 0.3 is 0 Å². The van der Waals surface area contributed by atoms with Crippen LogP contribution in [0.1, 0.15) is 33.1 Å². The monoisotopic (exact) mass is 311 g/mol. The normalized spacial score (nSPS) is 24.4. The fourth-order valence-corrected chi connectivity index (χ4v) is 5.35. The zero-order valence-corrected chi connectivity index (χ0v) is 13.4. The van der Waals surface area contributed by atoms with Gasteiger partial charge in [-0.15, -0.1) is 0 Å². The molecule has 1 heterocycles. The summed E-state index contributed by atoms with van der Waals surface area (Å²) in [5.74, 6) is 1.02. The maximum absolute atomic E-state index is 11.5. The van der Waals surface area contributed by atoms with E-state index in [2.05, 4.69) is 5.32 Å². The van der Waals surface area contributed by atoms with Gasteiger partial charge in [0.1, 0.15) is 9.84 Å². The first-order chi connectivity index (χ1) is 8.79. The van der Waals surface area contributed by atoms with Crippen LogP contribution in [0.25, 0.3) is 0 Å². The van der Waals surface area contributed by atoms with Gasteiger partial charge in [-0.2, -0.15) is 0 Å². The van der Waals surface area contributed by atoms with Gasteiger partial charge < -0.3 is 5.32 Å². The fraction of sp³-hybridized carbons (Fsp3) is 1.00. The summed E-state index contributed by atoms with van der Waals surface area (Å²) in [6.07, 6.45) is 2.03. The van der Waals surface area contributed by atoms with Crippen LogP contribution in [0.3, 0.4) is 0 Å². The lowest BCUT2D eigenvalue weighted by Crippen LogP contribution is -2.37. The summed E-state index contributed by atoms with van der Waals surface area (Å²) >= 11 is 0. The average Bonchev–Trinajstić information content (AvgIpc) is 2.68. The Kier molecular flexibility index (Phi) is 6.26. The molecule has 1 aliphatic heterocycles. The predicted octanol–water partition coefficient (Wildman–Crippen LogP) is 0.614. The molecule has 0 saturated carbocycles. The Morgan fingerprint density at radius 2 is 2.00 bits per heavy atom. The van der Waals surface area contributed by atoms with Crippen molar-refractivity contribution in [1.29, 1.82) is 0 Å². The minimum Gasteiger partial charge on any atom is -0.314 e. The molecule has 1 fully saturated rings. The molecular weight excluding hydrogens is 286 g/mol. The van der Waals surface area contributed by atoms with Crippen molar-refractivity contribution in [3.63, 3.8) is 0 Å². The third kappa shape index (κ3) is 5.79. The van der Waals surface area contributed by atoms with Gasteiger partial charge in [-0.25, -0.2) is 16.8 Å². The summed E-state index contributed by atoms with van der Waals surface area (Å²) in [4.78, 5) is 0. The van der Waals surface area contributed by atoms with E-state index in [0.29, 0.717) is 12.8 Å². The van der Waals surface area contributed by atoms with Crippen LogP contribution in [-0.4, -0.2) is 52.4 Å². The molecule has 0 amide bonds. The largest absolute Gasteiger partial charge is 0.314 e. The van der Waals surface area contributed by atoms with Crippen molar-refractivity contribution in [2.75, 3.05) is 29.6 Å². The predicted molar refractivity (Wildman–Crippen MR) is 77.8 cm³/mol. The number of sulfone groups is 2. The Hall–Kier alpha value is -0.140. The molecule has 19 heavy (non-hydrogen) atoms. The minimum atomic E-state index is -2.92. The van der Waals surface area contributed by atoms with E-state index < -0.39 is 19.7 Å². The zero-order chi connectivity index (χ0) is 14.5. The first-order valence-corrected chi connectivity index (χ1v) is 10.6. The van der Waals surface area contributed by atoms with Crippen molar-refractivity contribution in [2.24, 2.45) is 5.92 Å². The second-order valence-electron chi connectivity index (χ2n) is 5.21. The van der Waals surface area contributed by atoms with Gasteiger partial charge in [0.25, 0.3) is 0 Å². The molecule has 5 nitrogen and oxygen atoms in total. The van der Waals surface area contributed by atoms with Gasteiger partial charge in [0, 0.05) is 11.8 Å². The lowest BCUT2D eigenvalue weighted by Gasteiger charge is -2.23. The Morgan fingerprint density at radius 1 is 1.32 bits per heavy atom. The fourth-order valence-electron chi connectivity index (χ4n) is 2.58. The van der Waals surface area contributed by atoms with Crippen molar-refractivity contribution in [1.82, 2.24) is 5.32 Å². The number of nitrogens with one attached hydrogen (secondary N) is 1. The van der Waals surface area contributed by atoms with E-state index in [4.69, 9.17) is 0 Å². The summed E-state index contributed by atoms with van der Waals surface area (Å²) in [6, 6.07) is 0.120. The van der Waals surface area contributed by atoms with Gasteiger partial charge in [0.2, 0.25) is 0 Å². The number of hydrogen-bond acceptors (Lipinski definition) is 5. The van der Waals surface area contributed by atoms with E-state index in [-0.39, 0.29) is 35.0 Å². The highest BCUT2D eigenvalue weighted by atomic mass is 32.2. The number of hydrogen-bond donors (Lipinski definition) is 1. The first-order valence-electron chi connectivity index (χ1n) is 6.94. The topological polar surface area (TPSA) is 80.3 Å². The summed E-state index contributed by atoms with van der Waals surface area (Å²) in [6.45, 7) is 4.42. The van der Waals surface area contributed by atoms with Crippen molar-refractivity contribution in [2.45, 2.75) is 39.2 Å². The molecule has 1 N–H and O–H groups in total. The molecule has 1 aliphatic rings. The third-order valence-electron chi connectivity index (χ3n) is 3.71. The van der Waals surface area contributed by atoms with Crippen LogP contribution < -0.4 is 5.32 Å². The van der Waals surface area contributed by atoms with E-state index in [1.165, 1.54) is 0 Å². The van der Waals surface area contributed by atoms with E-state index in [9.17, 15) is 16.8 Å². The molecule has 1 rings (SSSR count). The highest BCUT2D eigenvalue weighted by molar-refractivity contribution is 7.91. The SMILES string of the molecule is CCNC(CCCS(=O)(=O)CC)C1CCS(=O)(=O)C1. The van der Waals surface area contributed by atoms with E-state index >= 15 is 0 Å². The minimum absolute atomic E-state index is 0.120. The van der Waals surface area contributed by atoms with Crippen LogP contribution in [0.15, 0.2) is 0 Å². The lowest BCUT2D eigenvalue weighted by molar-refractivity contribution is 0.365. The molecule has 0 bridgehead atoms. The molecule has 0 aromatic carbocycles. The summed E-state index contributed by atoms with van der Waals surface area (Å²) in [5.41, 5.74) is 0. The molecule has 2 atom stereocenters. The smallest absolute Gasteiger partial charge is 0.150 e. The van der Waals surface area contributed by atoms with Gasteiger partial charge in [-0.3, -0.25) is 0 Å². The summed E-state index contributed by atoms with van der Waals surface area (Å²) < 4.78 is 45.9. The van der Waals surface area contributed by atoms with E-state index in [0.717, 1.165) is 13.0 Å². The summed E-state index contributed by atoms with van der Waals surface area (Å²) in [5, 5.41) is 3.31. The molecule has 1 saturated heterocycles. The van der Waals surface area contributed by atoms with Gasteiger partial charge in [0.05, 0.1) is 17.3 Å². The van der Waals surface area contributed by atoms with Crippen LogP contribution in [0, 0.1) is 5.92 Å². The molecular formula is C12H25NO4S2.